The number of benzene rings is 1. The molecule has 1 aromatic carbocycles. The predicted octanol–water partition coefficient (Wildman–Crippen LogP) is 5.48. The zero-order valence-electron chi connectivity index (χ0n) is 14.3. The van der Waals surface area contributed by atoms with Gasteiger partial charge in [-0.2, -0.15) is 0 Å². The number of H-pyrrole nitrogens is 1. The molecule has 0 unspecified atom stereocenters. The molecule has 0 aliphatic rings. The van der Waals surface area contributed by atoms with E-state index in [-0.39, 0.29) is 4.91 Å². The van der Waals surface area contributed by atoms with Crippen LogP contribution in [-0.4, -0.2) is 26.3 Å². The third kappa shape index (κ3) is 5.50. The predicted molar refractivity (Wildman–Crippen MR) is 109 cm³/mol. The summed E-state index contributed by atoms with van der Waals surface area (Å²) in [5.41, 5.74) is 0. The number of aryl methyl sites for hydroxylation is 1. The maximum atomic E-state index is 11.6. The van der Waals surface area contributed by atoms with Gasteiger partial charge in [0.15, 0.2) is 5.09 Å². The van der Waals surface area contributed by atoms with E-state index in [1.54, 1.807) is 6.07 Å². The third-order valence-corrected chi connectivity index (χ3v) is 6.04. The van der Waals surface area contributed by atoms with Crippen molar-refractivity contribution < 1.29 is 14.3 Å². The summed E-state index contributed by atoms with van der Waals surface area (Å²) in [6.07, 6.45) is 3.18. The molecule has 0 radical (unpaired) electrons. The van der Waals surface area contributed by atoms with Crippen LogP contribution in [0.15, 0.2) is 65.3 Å². The van der Waals surface area contributed by atoms with Gasteiger partial charge < -0.3 is 9.52 Å². The highest BCUT2D eigenvalue weighted by Gasteiger charge is 2.16. The Morgan fingerprint density at radius 1 is 1.37 bits per heavy atom. The number of aliphatic carboxylic acids is 1. The number of furan rings is 1. The molecule has 0 saturated carbocycles. The van der Waals surface area contributed by atoms with Gasteiger partial charge in [0.25, 0.3) is 0 Å². The van der Waals surface area contributed by atoms with E-state index in [1.165, 1.54) is 17.8 Å². The van der Waals surface area contributed by atoms with Crippen LogP contribution >= 0.6 is 39.5 Å². The van der Waals surface area contributed by atoms with Gasteiger partial charge >= 0.3 is 5.97 Å². The van der Waals surface area contributed by atoms with Crippen LogP contribution in [0.25, 0.3) is 6.08 Å². The van der Waals surface area contributed by atoms with Crippen molar-refractivity contribution in [1.29, 1.82) is 0 Å². The summed E-state index contributed by atoms with van der Waals surface area (Å²) in [5.74, 6) is 0.119. The molecular weight excluding hydrogens is 450 g/mol. The van der Waals surface area contributed by atoms with E-state index in [0.29, 0.717) is 16.0 Å². The summed E-state index contributed by atoms with van der Waals surface area (Å²) in [7, 11) is 0. The van der Waals surface area contributed by atoms with Crippen LogP contribution in [0.3, 0.4) is 0 Å². The second-order valence-corrected chi connectivity index (χ2v) is 8.34. The van der Waals surface area contributed by atoms with E-state index in [2.05, 4.69) is 31.1 Å². The molecule has 0 saturated heterocycles. The fourth-order valence-electron chi connectivity index (χ4n) is 2.14. The fourth-order valence-corrected chi connectivity index (χ4v) is 4.20. The number of carboxylic acid groups (broad SMARTS) is 1. The lowest BCUT2D eigenvalue weighted by Gasteiger charge is -1.98. The Kier molecular flexibility index (Phi) is 6.81. The van der Waals surface area contributed by atoms with Gasteiger partial charge in [-0.1, -0.05) is 36.9 Å². The molecule has 2 N–H and O–H groups in total. The normalized spacial score (nSPS) is 11.7. The number of nitrogens with zero attached hydrogens (tertiary/aromatic N) is 2. The van der Waals surface area contributed by atoms with Crippen LogP contribution in [0.4, 0.5) is 0 Å². The number of halogens is 1. The van der Waals surface area contributed by atoms with E-state index in [1.807, 2.05) is 37.3 Å². The Morgan fingerprint density at radius 2 is 2.15 bits per heavy atom. The number of carboxylic acids is 1. The van der Waals surface area contributed by atoms with Crippen LogP contribution in [-0.2, 0) is 11.2 Å². The van der Waals surface area contributed by atoms with Crippen LogP contribution in [0.1, 0.15) is 24.9 Å². The average molecular weight is 466 g/mol. The summed E-state index contributed by atoms with van der Waals surface area (Å²) >= 11 is 5.90. The van der Waals surface area contributed by atoms with Gasteiger partial charge in [0.1, 0.15) is 16.5 Å². The molecular formula is C18H16BrN3O3S2. The molecule has 0 aliphatic heterocycles. The van der Waals surface area contributed by atoms with Crippen molar-refractivity contribution in [2.75, 3.05) is 0 Å². The Labute approximate surface area is 173 Å². The average Bonchev–Trinajstić information content (AvgIpc) is 3.22. The Morgan fingerprint density at radius 3 is 2.85 bits per heavy atom. The Balaban J connectivity index is 1.79. The van der Waals surface area contributed by atoms with E-state index in [9.17, 15) is 9.90 Å². The first-order chi connectivity index (χ1) is 13.0. The summed E-state index contributed by atoms with van der Waals surface area (Å²) in [6.45, 7) is 2.04. The van der Waals surface area contributed by atoms with Crippen molar-refractivity contribution in [3.63, 3.8) is 0 Å². The smallest absolute Gasteiger partial charge is 0.342 e. The van der Waals surface area contributed by atoms with Crippen molar-refractivity contribution in [2.45, 2.75) is 34.9 Å². The van der Waals surface area contributed by atoms with Crippen molar-refractivity contribution in [1.82, 2.24) is 15.2 Å². The Hall–Kier alpha value is -1.97. The summed E-state index contributed by atoms with van der Waals surface area (Å²) < 4.78 is 6.56. The molecule has 0 spiro atoms. The number of carbonyl (C=O) groups is 1. The highest BCUT2D eigenvalue weighted by molar-refractivity contribution is 9.10. The second-order valence-electron chi connectivity index (χ2n) is 5.43. The van der Waals surface area contributed by atoms with Gasteiger partial charge in [-0.25, -0.2) is 9.78 Å². The minimum Gasteiger partial charge on any atom is -0.477 e. The molecule has 3 rings (SSSR count). The SMILES string of the molecule is CCCc1nc(S/C(=C\c2cc(Br)c(Sc3ccccc3)o2)C(=O)O)n[nH]1. The van der Waals surface area contributed by atoms with E-state index < -0.39 is 5.97 Å². The number of hydrogen-bond acceptors (Lipinski definition) is 6. The monoisotopic (exact) mass is 465 g/mol. The maximum Gasteiger partial charge on any atom is 0.342 e. The van der Waals surface area contributed by atoms with E-state index in [0.717, 1.165) is 39.8 Å². The molecule has 3 aromatic rings. The standard InChI is InChI=1S/C18H16BrN3O3S2/c1-2-6-15-20-18(22-21-15)27-14(16(23)24)10-11-9-13(19)17(25-11)26-12-7-4-3-5-8-12/h3-5,7-10H,2,6H2,1H3,(H,23,24)(H,20,21,22)/b14-10-. The second kappa shape index (κ2) is 9.29. The highest BCUT2D eigenvalue weighted by Crippen LogP contribution is 2.37. The number of aromatic nitrogens is 3. The minimum atomic E-state index is -1.06. The van der Waals surface area contributed by atoms with Crippen LogP contribution in [0.2, 0.25) is 0 Å². The lowest BCUT2D eigenvalue weighted by atomic mass is 10.3. The molecule has 0 fully saturated rings. The number of thioether (sulfide) groups is 1. The maximum absolute atomic E-state index is 11.6. The van der Waals surface area contributed by atoms with Crippen molar-refractivity contribution >= 4 is 51.5 Å². The van der Waals surface area contributed by atoms with Crippen molar-refractivity contribution in [2.24, 2.45) is 0 Å². The first kappa shape index (κ1) is 19.8. The van der Waals surface area contributed by atoms with Gasteiger partial charge in [0, 0.05) is 17.4 Å². The van der Waals surface area contributed by atoms with Gasteiger partial charge in [-0.05, 0) is 52.3 Å². The van der Waals surface area contributed by atoms with Crippen LogP contribution in [0, 0.1) is 0 Å². The van der Waals surface area contributed by atoms with Crippen LogP contribution in [0.5, 0.6) is 0 Å². The first-order valence-corrected chi connectivity index (χ1v) is 10.5. The molecule has 27 heavy (non-hydrogen) atoms. The summed E-state index contributed by atoms with van der Waals surface area (Å²) in [5, 5.41) is 17.4. The molecule has 0 atom stereocenters. The molecule has 0 aliphatic carbocycles. The zero-order chi connectivity index (χ0) is 19.2. The molecule has 6 nitrogen and oxygen atoms in total. The third-order valence-electron chi connectivity index (χ3n) is 3.31. The molecule has 0 amide bonds. The fraction of sp³-hybridized carbons (Fsp3) is 0.167. The largest absolute Gasteiger partial charge is 0.477 e. The van der Waals surface area contributed by atoms with E-state index in [4.69, 9.17) is 4.42 Å². The van der Waals surface area contributed by atoms with Gasteiger partial charge in [-0.3, -0.25) is 5.10 Å². The zero-order valence-corrected chi connectivity index (χ0v) is 17.5. The molecule has 2 aromatic heterocycles. The lowest BCUT2D eigenvalue weighted by molar-refractivity contribution is -0.131. The number of hydrogen-bond donors (Lipinski definition) is 2. The summed E-state index contributed by atoms with van der Waals surface area (Å²) in [6, 6.07) is 11.5. The van der Waals surface area contributed by atoms with Gasteiger partial charge in [0.2, 0.25) is 5.16 Å². The number of aromatic amines is 1. The van der Waals surface area contributed by atoms with E-state index >= 15 is 0 Å². The molecule has 9 heteroatoms. The van der Waals surface area contributed by atoms with Gasteiger partial charge in [-0.15, -0.1) is 5.10 Å². The van der Waals surface area contributed by atoms with Gasteiger partial charge in [0.05, 0.1) is 4.47 Å². The van der Waals surface area contributed by atoms with Crippen molar-refractivity contribution in [3.05, 3.63) is 57.4 Å². The van der Waals surface area contributed by atoms with Crippen molar-refractivity contribution in [3.8, 4) is 0 Å². The molecule has 0 bridgehead atoms. The summed E-state index contributed by atoms with van der Waals surface area (Å²) in [4.78, 5) is 17.0. The van der Waals surface area contributed by atoms with Crippen LogP contribution < -0.4 is 0 Å². The quantitative estimate of drug-likeness (QED) is 0.335. The lowest BCUT2D eigenvalue weighted by Crippen LogP contribution is -1.97. The number of nitrogens with one attached hydrogen (secondary N) is 1. The highest BCUT2D eigenvalue weighted by atomic mass is 79.9. The number of rotatable bonds is 8. The topological polar surface area (TPSA) is 92.0 Å². The minimum absolute atomic E-state index is 0.0783. The molecule has 2 heterocycles. The first-order valence-electron chi connectivity index (χ1n) is 8.11. The molecule has 140 valence electrons. The Bertz CT molecular complexity index is 954.